The van der Waals surface area contributed by atoms with E-state index in [2.05, 4.69) is 5.32 Å². The van der Waals surface area contributed by atoms with Crippen LogP contribution < -0.4 is 5.32 Å². The lowest BCUT2D eigenvalue weighted by molar-refractivity contribution is 0.194. The lowest BCUT2D eigenvalue weighted by atomic mass is 10.2. The Hall–Kier alpha value is -1.71. The molecule has 0 fully saturated rings. The number of hydrogen-bond acceptors (Lipinski definition) is 2. The van der Waals surface area contributed by atoms with Crippen molar-refractivity contribution in [1.29, 1.82) is 0 Å². The second-order valence-corrected chi connectivity index (χ2v) is 2.33. The van der Waals surface area contributed by atoms with E-state index in [-0.39, 0.29) is 12.3 Å². The number of phenolic OH excluding ortho intramolecular Hbond substituents is 1. The van der Waals surface area contributed by atoms with E-state index in [4.69, 9.17) is 10.2 Å². The summed E-state index contributed by atoms with van der Waals surface area (Å²) in [5.41, 5.74) is 0.734. The zero-order valence-electron chi connectivity index (χ0n) is 6.32. The maximum Gasteiger partial charge on any atom is 0.404 e. The van der Waals surface area contributed by atoms with Crippen molar-refractivity contribution < 1.29 is 15.0 Å². The summed E-state index contributed by atoms with van der Waals surface area (Å²) in [6.07, 6.45) is -1.07. The van der Waals surface area contributed by atoms with Gasteiger partial charge in [0.1, 0.15) is 5.75 Å². The minimum atomic E-state index is -1.07. The van der Waals surface area contributed by atoms with E-state index in [1.54, 1.807) is 12.1 Å². The van der Waals surface area contributed by atoms with Gasteiger partial charge in [0.25, 0.3) is 0 Å². The minimum Gasteiger partial charge on any atom is -0.508 e. The van der Waals surface area contributed by atoms with Crippen LogP contribution in [0.4, 0.5) is 4.79 Å². The van der Waals surface area contributed by atoms with Crippen LogP contribution in [0.25, 0.3) is 0 Å². The van der Waals surface area contributed by atoms with E-state index in [1.807, 2.05) is 0 Å². The van der Waals surface area contributed by atoms with E-state index >= 15 is 0 Å². The highest BCUT2D eigenvalue weighted by atomic mass is 16.4. The number of aromatic hydroxyl groups is 1. The molecule has 1 aromatic carbocycles. The molecule has 3 N–H and O–H groups in total. The van der Waals surface area contributed by atoms with Crippen molar-refractivity contribution in [2.24, 2.45) is 0 Å². The molecule has 1 amide bonds. The van der Waals surface area contributed by atoms with Crippen molar-refractivity contribution >= 4 is 6.09 Å². The summed E-state index contributed by atoms with van der Waals surface area (Å²) in [5.74, 6) is 0.139. The Bertz CT molecular complexity index is 285. The number of phenols is 1. The first-order valence-electron chi connectivity index (χ1n) is 3.43. The molecule has 0 heterocycles. The molecule has 0 bridgehead atoms. The fraction of sp³-hybridized carbons (Fsp3) is 0.125. The van der Waals surface area contributed by atoms with Gasteiger partial charge in [-0.2, -0.15) is 0 Å². The highest BCUT2D eigenvalue weighted by Gasteiger charge is 1.96. The van der Waals surface area contributed by atoms with Gasteiger partial charge >= 0.3 is 6.09 Å². The van der Waals surface area contributed by atoms with Gasteiger partial charge < -0.3 is 15.5 Å². The molecule has 64 valence electrons. The van der Waals surface area contributed by atoms with Crippen LogP contribution in [-0.2, 0) is 6.54 Å². The first-order chi connectivity index (χ1) is 5.68. The Morgan fingerprint density at radius 1 is 1.50 bits per heavy atom. The third kappa shape index (κ3) is 2.49. The van der Waals surface area contributed by atoms with E-state index in [0.717, 1.165) is 5.56 Å². The van der Waals surface area contributed by atoms with Gasteiger partial charge in [0, 0.05) is 6.54 Å². The number of carboxylic acid groups (broad SMARTS) is 1. The second kappa shape index (κ2) is 3.61. The Morgan fingerprint density at radius 3 is 2.83 bits per heavy atom. The molecule has 0 radical (unpaired) electrons. The maximum absolute atomic E-state index is 10.1. The van der Waals surface area contributed by atoms with Crippen molar-refractivity contribution in [3.63, 3.8) is 0 Å². The fourth-order valence-corrected chi connectivity index (χ4v) is 0.844. The Morgan fingerprint density at radius 2 is 2.25 bits per heavy atom. The number of amides is 1. The minimum absolute atomic E-state index is 0.139. The smallest absolute Gasteiger partial charge is 0.404 e. The molecule has 0 atom stereocenters. The molecule has 4 nitrogen and oxygen atoms in total. The summed E-state index contributed by atoms with van der Waals surface area (Å²) < 4.78 is 0. The van der Waals surface area contributed by atoms with Crippen molar-refractivity contribution in [3.05, 3.63) is 29.8 Å². The Balaban J connectivity index is 2.57. The molecule has 0 aliphatic carbocycles. The third-order valence-electron chi connectivity index (χ3n) is 1.35. The standard InChI is InChI=1S/C8H9NO3/c10-7-3-1-2-6(4-7)5-9-8(11)12/h1-4,9-10H,5H2,(H,11,12). The van der Waals surface area contributed by atoms with Crippen molar-refractivity contribution in [3.8, 4) is 5.75 Å². The number of rotatable bonds is 2. The summed E-state index contributed by atoms with van der Waals surface area (Å²) in [6.45, 7) is 0.212. The quantitative estimate of drug-likeness (QED) is 0.619. The van der Waals surface area contributed by atoms with Gasteiger partial charge in [-0.25, -0.2) is 4.79 Å². The van der Waals surface area contributed by atoms with Crippen LogP contribution in [0.5, 0.6) is 5.75 Å². The number of benzene rings is 1. The highest BCUT2D eigenvalue weighted by Crippen LogP contribution is 2.10. The van der Waals surface area contributed by atoms with E-state index in [1.165, 1.54) is 12.1 Å². The molecule has 1 rings (SSSR count). The zero-order valence-corrected chi connectivity index (χ0v) is 6.32. The summed E-state index contributed by atoms with van der Waals surface area (Å²) in [4.78, 5) is 10.1. The molecule has 0 saturated carbocycles. The predicted molar refractivity (Wildman–Crippen MR) is 43.0 cm³/mol. The molecule has 1 aromatic rings. The number of nitrogens with one attached hydrogen (secondary N) is 1. The van der Waals surface area contributed by atoms with Crippen LogP contribution in [0.1, 0.15) is 5.56 Å². The van der Waals surface area contributed by atoms with Crippen molar-refractivity contribution in [2.45, 2.75) is 6.54 Å². The first kappa shape index (κ1) is 8.39. The summed E-state index contributed by atoms with van der Waals surface area (Å²) in [7, 11) is 0. The lowest BCUT2D eigenvalue weighted by Crippen LogP contribution is -2.19. The Kier molecular flexibility index (Phi) is 2.53. The van der Waals surface area contributed by atoms with E-state index in [0.29, 0.717) is 0 Å². The van der Waals surface area contributed by atoms with Gasteiger partial charge in [0.15, 0.2) is 0 Å². The monoisotopic (exact) mass is 167 g/mol. The molecule has 0 aliphatic rings. The molecular formula is C8H9NO3. The van der Waals surface area contributed by atoms with Gasteiger partial charge in [-0.1, -0.05) is 12.1 Å². The highest BCUT2D eigenvalue weighted by molar-refractivity contribution is 5.64. The lowest BCUT2D eigenvalue weighted by Gasteiger charge is -2.00. The molecule has 0 saturated heterocycles. The number of hydrogen-bond donors (Lipinski definition) is 3. The van der Waals surface area contributed by atoms with E-state index < -0.39 is 6.09 Å². The van der Waals surface area contributed by atoms with Crippen LogP contribution in [0.3, 0.4) is 0 Å². The predicted octanol–water partition coefficient (Wildman–Crippen LogP) is 1.16. The van der Waals surface area contributed by atoms with E-state index in [9.17, 15) is 4.79 Å². The topological polar surface area (TPSA) is 69.6 Å². The first-order valence-corrected chi connectivity index (χ1v) is 3.43. The second-order valence-electron chi connectivity index (χ2n) is 2.33. The van der Waals surface area contributed by atoms with Gasteiger partial charge in [0.05, 0.1) is 0 Å². The molecule has 4 heteroatoms. The maximum atomic E-state index is 10.1. The average molecular weight is 167 g/mol. The van der Waals surface area contributed by atoms with Gasteiger partial charge in [-0.05, 0) is 17.7 Å². The van der Waals surface area contributed by atoms with Crippen LogP contribution in [-0.4, -0.2) is 16.3 Å². The summed E-state index contributed by atoms with van der Waals surface area (Å²) in [6, 6.07) is 6.43. The van der Waals surface area contributed by atoms with Crippen molar-refractivity contribution in [1.82, 2.24) is 5.32 Å². The zero-order chi connectivity index (χ0) is 8.97. The summed E-state index contributed by atoms with van der Waals surface area (Å²) >= 11 is 0. The van der Waals surface area contributed by atoms with Crippen LogP contribution in [0.15, 0.2) is 24.3 Å². The van der Waals surface area contributed by atoms with Gasteiger partial charge in [0.2, 0.25) is 0 Å². The van der Waals surface area contributed by atoms with Crippen LogP contribution >= 0.6 is 0 Å². The van der Waals surface area contributed by atoms with Crippen LogP contribution in [0, 0.1) is 0 Å². The normalized spacial score (nSPS) is 9.33. The van der Waals surface area contributed by atoms with Crippen LogP contribution in [0.2, 0.25) is 0 Å². The number of carbonyl (C=O) groups is 1. The average Bonchev–Trinajstić information content (AvgIpc) is 2.01. The van der Waals surface area contributed by atoms with Gasteiger partial charge in [-0.3, -0.25) is 0 Å². The third-order valence-corrected chi connectivity index (χ3v) is 1.35. The molecule has 0 spiro atoms. The SMILES string of the molecule is O=C(O)NCc1cccc(O)c1. The molecule has 0 aliphatic heterocycles. The van der Waals surface area contributed by atoms with Crippen molar-refractivity contribution in [2.75, 3.05) is 0 Å². The Labute approximate surface area is 69.5 Å². The molecule has 0 aromatic heterocycles. The molecular weight excluding hydrogens is 158 g/mol. The van der Waals surface area contributed by atoms with Gasteiger partial charge in [-0.15, -0.1) is 0 Å². The summed E-state index contributed by atoms with van der Waals surface area (Å²) in [5, 5.41) is 19.5. The molecule has 12 heavy (non-hydrogen) atoms. The fourth-order valence-electron chi connectivity index (χ4n) is 0.844. The largest absolute Gasteiger partial charge is 0.508 e. The molecule has 0 unspecified atom stereocenters.